The summed E-state index contributed by atoms with van der Waals surface area (Å²) in [7, 11) is 0. The highest BCUT2D eigenvalue weighted by molar-refractivity contribution is 7.14. The van der Waals surface area contributed by atoms with Gasteiger partial charge >= 0.3 is 0 Å². The Morgan fingerprint density at radius 3 is 2.59 bits per heavy atom. The van der Waals surface area contributed by atoms with E-state index in [0.29, 0.717) is 12.3 Å². The van der Waals surface area contributed by atoms with E-state index in [1.807, 2.05) is 24.3 Å². The van der Waals surface area contributed by atoms with Crippen LogP contribution in [0.4, 0.5) is 10.8 Å². The average Bonchev–Trinajstić information content (AvgIpc) is 3.04. The molecule has 1 N–H and O–H groups in total. The molecule has 0 aliphatic carbocycles. The summed E-state index contributed by atoms with van der Waals surface area (Å²) in [6, 6.07) is 7.96. The summed E-state index contributed by atoms with van der Waals surface area (Å²) in [5.41, 5.74) is 3.06. The number of carbonyl (C=O) groups is 1. The van der Waals surface area contributed by atoms with Crippen LogP contribution >= 0.6 is 11.3 Å². The zero-order valence-electron chi connectivity index (χ0n) is 17.5. The molecule has 1 unspecified atom stereocenters. The minimum Gasteiger partial charge on any atom is -0.349 e. The lowest BCUT2D eigenvalue weighted by Gasteiger charge is -2.22. The number of nitrogens with one attached hydrogen (secondary N) is 1. The van der Waals surface area contributed by atoms with Gasteiger partial charge in [0, 0.05) is 36.1 Å². The fourth-order valence-electron chi connectivity index (χ4n) is 3.44. The second kappa shape index (κ2) is 9.36. The molecule has 0 fully saturated rings. The molecular formula is C22H33N3OS. The molecule has 0 spiro atoms. The van der Waals surface area contributed by atoms with Crippen molar-refractivity contribution in [1.29, 1.82) is 0 Å². The Hall–Kier alpha value is -1.88. The van der Waals surface area contributed by atoms with E-state index in [-0.39, 0.29) is 11.3 Å². The van der Waals surface area contributed by atoms with Crippen molar-refractivity contribution in [2.45, 2.75) is 54.4 Å². The number of rotatable bonds is 8. The largest absolute Gasteiger partial charge is 0.349 e. The third kappa shape index (κ3) is 6.65. The van der Waals surface area contributed by atoms with Crippen LogP contribution in [0.2, 0.25) is 0 Å². The number of carbonyl (C=O) groups excluding carboxylic acids is 1. The van der Waals surface area contributed by atoms with Crippen molar-refractivity contribution < 1.29 is 4.79 Å². The third-order valence-electron chi connectivity index (χ3n) is 4.46. The van der Waals surface area contributed by atoms with Crippen LogP contribution in [0.25, 0.3) is 11.3 Å². The predicted octanol–water partition coefficient (Wildman–Crippen LogP) is 6.06. The number of nitrogens with zero attached hydrogens (tertiary/aromatic N) is 2. The molecule has 2 aromatic rings. The summed E-state index contributed by atoms with van der Waals surface area (Å²) < 4.78 is 0. The molecule has 148 valence electrons. The summed E-state index contributed by atoms with van der Waals surface area (Å²) >= 11 is 1.66. The Morgan fingerprint density at radius 2 is 1.96 bits per heavy atom. The highest BCUT2D eigenvalue weighted by Gasteiger charge is 2.18. The first-order valence-corrected chi connectivity index (χ1v) is 10.7. The first kappa shape index (κ1) is 21.4. The van der Waals surface area contributed by atoms with Gasteiger partial charge in [-0.25, -0.2) is 4.98 Å². The molecule has 0 saturated carbocycles. The van der Waals surface area contributed by atoms with Gasteiger partial charge in [-0.3, -0.25) is 4.79 Å². The number of anilines is 2. The van der Waals surface area contributed by atoms with Crippen molar-refractivity contribution in [1.82, 2.24) is 4.98 Å². The Balaban J connectivity index is 2.04. The van der Waals surface area contributed by atoms with Gasteiger partial charge in [-0.05, 0) is 43.7 Å². The molecule has 4 nitrogen and oxygen atoms in total. The third-order valence-corrected chi connectivity index (χ3v) is 5.36. The summed E-state index contributed by atoms with van der Waals surface area (Å²) in [6.45, 7) is 15.0. The van der Waals surface area contributed by atoms with Crippen molar-refractivity contribution in [2.75, 3.05) is 23.3 Å². The van der Waals surface area contributed by atoms with Gasteiger partial charge in [0.15, 0.2) is 5.13 Å². The maximum atomic E-state index is 12.4. The number of benzene rings is 1. The van der Waals surface area contributed by atoms with Gasteiger partial charge in [0.05, 0.1) is 5.69 Å². The topological polar surface area (TPSA) is 45.2 Å². The molecule has 0 aliphatic rings. The minimum absolute atomic E-state index is 0.0750. The second-order valence-electron chi connectivity index (χ2n) is 8.39. The number of hydrogen-bond acceptors (Lipinski definition) is 4. The fourth-order valence-corrected chi connectivity index (χ4v) is 4.40. The van der Waals surface area contributed by atoms with E-state index in [2.05, 4.69) is 57.1 Å². The Labute approximate surface area is 168 Å². The first-order valence-electron chi connectivity index (χ1n) is 9.82. The Morgan fingerprint density at radius 1 is 1.26 bits per heavy atom. The van der Waals surface area contributed by atoms with E-state index in [0.717, 1.165) is 41.6 Å². The van der Waals surface area contributed by atoms with E-state index in [1.165, 1.54) is 0 Å². The maximum Gasteiger partial charge on any atom is 0.224 e. The number of thiazole rings is 1. The van der Waals surface area contributed by atoms with Crippen molar-refractivity contribution in [3.63, 3.8) is 0 Å². The number of hydrogen-bond donors (Lipinski definition) is 1. The highest BCUT2D eigenvalue weighted by atomic mass is 32.1. The molecule has 1 amide bonds. The SMILES string of the molecule is CCN(CC)c1nc(-c2cccc(NC(=O)CC(C)CC(C)(C)C)c2)cs1. The van der Waals surface area contributed by atoms with E-state index in [4.69, 9.17) is 4.98 Å². The van der Waals surface area contributed by atoms with Gasteiger partial charge in [-0.2, -0.15) is 0 Å². The number of amides is 1. The zero-order chi connectivity index (χ0) is 20.0. The molecule has 0 saturated heterocycles. The maximum absolute atomic E-state index is 12.4. The summed E-state index contributed by atoms with van der Waals surface area (Å²) in [4.78, 5) is 19.4. The molecule has 1 heterocycles. The van der Waals surface area contributed by atoms with Crippen molar-refractivity contribution in [3.8, 4) is 11.3 Å². The van der Waals surface area contributed by atoms with Crippen LogP contribution in [0.1, 0.15) is 54.4 Å². The lowest BCUT2D eigenvalue weighted by molar-refractivity contribution is -0.117. The predicted molar refractivity (Wildman–Crippen MR) is 118 cm³/mol. The molecular weight excluding hydrogens is 354 g/mol. The Kier molecular flexibility index (Phi) is 7.42. The molecule has 0 radical (unpaired) electrons. The normalized spacial score (nSPS) is 12.7. The highest BCUT2D eigenvalue weighted by Crippen LogP contribution is 2.29. The molecule has 1 aromatic heterocycles. The van der Waals surface area contributed by atoms with Crippen molar-refractivity contribution in [2.24, 2.45) is 11.3 Å². The van der Waals surface area contributed by atoms with Crippen LogP contribution in [-0.4, -0.2) is 24.0 Å². The minimum atomic E-state index is 0.0750. The van der Waals surface area contributed by atoms with E-state index in [1.54, 1.807) is 11.3 Å². The lowest BCUT2D eigenvalue weighted by atomic mass is 9.84. The van der Waals surface area contributed by atoms with Gasteiger partial charge in [0.1, 0.15) is 0 Å². The van der Waals surface area contributed by atoms with Gasteiger partial charge in [-0.1, -0.05) is 39.8 Å². The Bertz CT molecular complexity index is 744. The van der Waals surface area contributed by atoms with Gasteiger partial charge in [0.2, 0.25) is 5.91 Å². The second-order valence-corrected chi connectivity index (χ2v) is 9.23. The van der Waals surface area contributed by atoms with Crippen LogP contribution in [-0.2, 0) is 4.79 Å². The van der Waals surface area contributed by atoms with Crippen LogP contribution in [0, 0.1) is 11.3 Å². The quantitative estimate of drug-likeness (QED) is 0.599. The fraction of sp³-hybridized carbons (Fsp3) is 0.545. The smallest absolute Gasteiger partial charge is 0.224 e. The first-order chi connectivity index (χ1) is 12.7. The molecule has 27 heavy (non-hydrogen) atoms. The number of aromatic nitrogens is 1. The summed E-state index contributed by atoms with van der Waals surface area (Å²) in [5.74, 6) is 0.439. The van der Waals surface area contributed by atoms with Gasteiger partial charge in [0.25, 0.3) is 0 Å². The van der Waals surface area contributed by atoms with Crippen LogP contribution in [0.5, 0.6) is 0 Å². The average molecular weight is 388 g/mol. The van der Waals surface area contributed by atoms with Crippen LogP contribution < -0.4 is 10.2 Å². The van der Waals surface area contributed by atoms with Gasteiger partial charge in [-0.15, -0.1) is 11.3 Å². The molecule has 5 heteroatoms. The summed E-state index contributed by atoms with van der Waals surface area (Å²) in [5, 5.41) is 6.17. The van der Waals surface area contributed by atoms with Gasteiger partial charge < -0.3 is 10.2 Å². The molecule has 1 atom stereocenters. The van der Waals surface area contributed by atoms with E-state index in [9.17, 15) is 4.79 Å². The zero-order valence-corrected chi connectivity index (χ0v) is 18.3. The van der Waals surface area contributed by atoms with Crippen LogP contribution in [0.3, 0.4) is 0 Å². The van der Waals surface area contributed by atoms with Crippen molar-refractivity contribution >= 4 is 28.1 Å². The monoisotopic (exact) mass is 387 g/mol. The molecule has 0 bridgehead atoms. The molecule has 1 aromatic carbocycles. The summed E-state index contributed by atoms with van der Waals surface area (Å²) in [6.07, 6.45) is 1.58. The lowest BCUT2D eigenvalue weighted by Crippen LogP contribution is -2.21. The molecule has 2 rings (SSSR count). The molecule has 0 aliphatic heterocycles. The van der Waals surface area contributed by atoms with E-state index >= 15 is 0 Å². The standard InChI is InChI=1S/C22H33N3OS/c1-7-25(8-2)21-24-19(15-27-21)17-10-9-11-18(13-17)23-20(26)12-16(3)14-22(4,5)6/h9-11,13,15-16H,7-8,12,14H2,1-6H3,(H,23,26). The van der Waals surface area contributed by atoms with Crippen LogP contribution in [0.15, 0.2) is 29.6 Å². The van der Waals surface area contributed by atoms with E-state index < -0.39 is 0 Å². The van der Waals surface area contributed by atoms with Crippen molar-refractivity contribution in [3.05, 3.63) is 29.6 Å².